The van der Waals surface area contributed by atoms with E-state index >= 15 is 0 Å². The zero-order valence-electron chi connectivity index (χ0n) is 16.2. The Hall–Kier alpha value is -2.60. The molecule has 0 aliphatic heterocycles. The van der Waals surface area contributed by atoms with Crippen LogP contribution >= 0.6 is 11.6 Å². The number of esters is 1. The average Bonchev–Trinajstić information content (AvgIpc) is 2.63. The molecule has 0 fully saturated rings. The molecule has 0 unspecified atom stereocenters. The molecule has 0 saturated carbocycles. The molecule has 0 radical (unpaired) electrons. The maximum Gasteiger partial charge on any atom is 0.344 e. The van der Waals surface area contributed by atoms with Gasteiger partial charge in [0.05, 0.1) is 0 Å². The van der Waals surface area contributed by atoms with Gasteiger partial charge < -0.3 is 14.8 Å². The van der Waals surface area contributed by atoms with Crippen molar-refractivity contribution in [2.45, 2.75) is 39.7 Å². The molecule has 2 rings (SSSR count). The van der Waals surface area contributed by atoms with Crippen LogP contribution in [0.15, 0.2) is 36.4 Å². The van der Waals surface area contributed by atoms with E-state index in [0.717, 1.165) is 11.1 Å². The minimum atomic E-state index is -1.03. The molecular weight excluding hydrogens is 385 g/mol. The van der Waals surface area contributed by atoms with Crippen LogP contribution in [-0.4, -0.2) is 24.6 Å². The van der Waals surface area contributed by atoms with Crippen LogP contribution in [0.2, 0.25) is 5.02 Å². The highest BCUT2D eigenvalue weighted by atomic mass is 35.5. The third kappa shape index (κ3) is 5.96. The molecule has 0 spiro atoms. The number of nitrogens with one attached hydrogen (secondary N) is 1. The van der Waals surface area contributed by atoms with Gasteiger partial charge in [0, 0.05) is 10.7 Å². The van der Waals surface area contributed by atoms with Crippen LogP contribution in [-0.2, 0) is 14.3 Å². The third-order valence-electron chi connectivity index (χ3n) is 4.05. The molecule has 0 saturated heterocycles. The molecule has 28 heavy (non-hydrogen) atoms. The van der Waals surface area contributed by atoms with E-state index in [1.165, 1.54) is 31.2 Å². The number of carbonyl (C=O) groups excluding carboxylic acids is 2. The first-order chi connectivity index (χ1) is 13.2. The molecule has 0 aliphatic rings. The lowest BCUT2D eigenvalue weighted by Gasteiger charge is -2.17. The zero-order valence-corrected chi connectivity index (χ0v) is 17.0. The van der Waals surface area contributed by atoms with E-state index in [2.05, 4.69) is 5.32 Å². The number of hydrogen-bond acceptors (Lipinski definition) is 4. The van der Waals surface area contributed by atoms with E-state index in [-0.39, 0.29) is 12.5 Å². The molecule has 0 heterocycles. The van der Waals surface area contributed by atoms with E-state index in [0.29, 0.717) is 16.5 Å². The largest absolute Gasteiger partial charge is 0.482 e. The molecule has 1 N–H and O–H groups in total. The highest BCUT2D eigenvalue weighted by Crippen LogP contribution is 2.32. The second-order valence-corrected chi connectivity index (χ2v) is 7.12. The van der Waals surface area contributed by atoms with Gasteiger partial charge in [-0.3, -0.25) is 4.79 Å². The molecule has 2 aromatic carbocycles. The molecule has 150 valence electrons. The number of carbonyl (C=O) groups is 2. The lowest BCUT2D eigenvalue weighted by Crippen LogP contribution is -2.31. The van der Waals surface area contributed by atoms with Crippen LogP contribution in [0.25, 0.3) is 0 Å². The topological polar surface area (TPSA) is 64.6 Å². The van der Waals surface area contributed by atoms with Crippen LogP contribution in [0, 0.1) is 12.7 Å². The molecule has 1 atom stereocenters. The summed E-state index contributed by atoms with van der Waals surface area (Å²) in [5.74, 6) is -0.899. The molecule has 2 aromatic rings. The summed E-state index contributed by atoms with van der Waals surface area (Å²) in [6.07, 6.45) is -1.03. The van der Waals surface area contributed by atoms with Crippen LogP contribution in [0.1, 0.15) is 37.8 Å². The SMILES string of the molecule is Cc1cc(OCC(=O)O[C@@H](C)C(=O)Nc2ccc(F)cc2)c(C(C)C)cc1Cl. The van der Waals surface area contributed by atoms with Gasteiger partial charge in [-0.1, -0.05) is 25.4 Å². The summed E-state index contributed by atoms with van der Waals surface area (Å²) in [6.45, 7) is 6.94. The molecule has 7 heteroatoms. The van der Waals surface area contributed by atoms with Crippen LogP contribution in [0.4, 0.5) is 10.1 Å². The molecule has 0 aromatic heterocycles. The highest BCUT2D eigenvalue weighted by Gasteiger charge is 2.19. The maximum absolute atomic E-state index is 12.9. The van der Waals surface area contributed by atoms with E-state index in [1.54, 1.807) is 6.07 Å². The fourth-order valence-corrected chi connectivity index (χ4v) is 2.62. The van der Waals surface area contributed by atoms with Crippen LogP contribution in [0.3, 0.4) is 0 Å². The van der Waals surface area contributed by atoms with E-state index in [4.69, 9.17) is 21.1 Å². The summed E-state index contributed by atoms with van der Waals surface area (Å²) >= 11 is 6.16. The summed E-state index contributed by atoms with van der Waals surface area (Å²) in [5, 5.41) is 3.18. The Balaban J connectivity index is 1.92. The maximum atomic E-state index is 12.9. The van der Waals surface area contributed by atoms with Crippen molar-refractivity contribution in [2.24, 2.45) is 0 Å². The van der Waals surface area contributed by atoms with Gasteiger partial charge in [-0.15, -0.1) is 0 Å². The summed E-state index contributed by atoms with van der Waals surface area (Å²) in [6, 6.07) is 8.88. The quantitative estimate of drug-likeness (QED) is 0.665. The standard InChI is InChI=1S/C21H23ClFNO4/c1-12(2)17-10-18(22)13(3)9-19(17)27-11-20(25)28-14(4)21(26)24-16-7-5-15(23)6-8-16/h5-10,12,14H,11H2,1-4H3,(H,24,26)/t14-/m0/s1. The first-order valence-electron chi connectivity index (χ1n) is 8.86. The lowest BCUT2D eigenvalue weighted by atomic mass is 10.0. The monoisotopic (exact) mass is 407 g/mol. The number of rotatable bonds is 7. The Bertz CT molecular complexity index is 852. The van der Waals surface area contributed by atoms with Crippen molar-refractivity contribution in [3.05, 3.63) is 58.4 Å². The molecule has 0 aliphatic carbocycles. The fourth-order valence-electron chi connectivity index (χ4n) is 2.45. The molecular formula is C21H23ClFNO4. The van der Waals surface area contributed by atoms with Gasteiger partial charge >= 0.3 is 5.97 Å². The number of ether oxygens (including phenoxy) is 2. The van der Waals surface area contributed by atoms with Crippen LogP contribution < -0.4 is 10.1 Å². The summed E-state index contributed by atoms with van der Waals surface area (Å²) in [5.41, 5.74) is 2.12. The van der Waals surface area contributed by atoms with Gasteiger partial charge in [-0.25, -0.2) is 9.18 Å². The minimum Gasteiger partial charge on any atom is -0.482 e. The molecule has 0 bridgehead atoms. The van der Waals surface area contributed by atoms with Crippen molar-refractivity contribution in [3.8, 4) is 5.75 Å². The number of anilines is 1. The Kier molecular flexibility index (Phi) is 7.40. The predicted octanol–water partition coefficient (Wildman–Crippen LogP) is 4.86. The Morgan fingerprint density at radius 1 is 1.14 bits per heavy atom. The van der Waals surface area contributed by atoms with Crippen molar-refractivity contribution >= 4 is 29.2 Å². The smallest absolute Gasteiger partial charge is 0.344 e. The van der Waals surface area contributed by atoms with Gasteiger partial charge in [0.1, 0.15) is 11.6 Å². The van der Waals surface area contributed by atoms with Crippen molar-refractivity contribution in [3.63, 3.8) is 0 Å². The third-order valence-corrected chi connectivity index (χ3v) is 4.45. The number of amides is 1. The second-order valence-electron chi connectivity index (χ2n) is 6.71. The Morgan fingerprint density at radius 2 is 1.79 bits per heavy atom. The molecule has 1 amide bonds. The average molecular weight is 408 g/mol. The van der Waals surface area contributed by atoms with Crippen LogP contribution in [0.5, 0.6) is 5.75 Å². The molecule has 5 nitrogen and oxygen atoms in total. The van der Waals surface area contributed by atoms with Crippen molar-refractivity contribution < 1.29 is 23.5 Å². The van der Waals surface area contributed by atoms with Crippen molar-refractivity contribution in [2.75, 3.05) is 11.9 Å². The number of halogens is 2. The zero-order chi connectivity index (χ0) is 20.8. The first kappa shape index (κ1) is 21.7. The minimum absolute atomic E-state index is 0.157. The second kappa shape index (κ2) is 9.55. The fraction of sp³-hybridized carbons (Fsp3) is 0.333. The first-order valence-corrected chi connectivity index (χ1v) is 9.24. The normalized spacial score (nSPS) is 11.8. The van der Waals surface area contributed by atoms with Gasteiger partial charge in [0.2, 0.25) is 0 Å². The summed E-state index contributed by atoms with van der Waals surface area (Å²) in [4.78, 5) is 24.2. The van der Waals surface area contributed by atoms with Gasteiger partial charge in [0.25, 0.3) is 5.91 Å². The number of aryl methyl sites for hydroxylation is 1. The number of hydrogen-bond donors (Lipinski definition) is 1. The Labute approximate surface area is 168 Å². The Morgan fingerprint density at radius 3 is 2.39 bits per heavy atom. The van der Waals surface area contributed by atoms with E-state index in [1.807, 2.05) is 26.8 Å². The lowest BCUT2D eigenvalue weighted by molar-refractivity contribution is -0.155. The summed E-state index contributed by atoms with van der Waals surface area (Å²) in [7, 11) is 0. The van der Waals surface area contributed by atoms with E-state index < -0.39 is 23.8 Å². The van der Waals surface area contributed by atoms with Gasteiger partial charge in [-0.2, -0.15) is 0 Å². The van der Waals surface area contributed by atoms with E-state index in [9.17, 15) is 14.0 Å². The van der Waals surface area contributed by atoms with Gasteiger partial charge in [0.15, 0.2) is 12.7 Å². The summed E-state index contributed by atoms with van der Waals surface area (Å²) < 4.78 is 23.6. The van der Waals surface area contributed by atoms with Crippen molar-refractivity contribution in [1.82, 2.24) is 0 Å². The van der Waals surface area contributed by atoms with Gasteiger partial charge in [-0.05, 0) is 67.3 Å². The number of benzene rings is 2. The predicted molar refractivity (Wildman–Crippen MR) is 106 cm³/mol. The highest BCUT2D eigenvalue weighted by molar-refractivity contribution is 6.31. The van der Waals surface area contributed by atoms with Crippen molar-refractivity contribution in [1.29, 1.82) is 0 Å².